The molecular weight excluding hydrogens is 425 g/mol. The van der Waals surface area contributed by atoms with E-state index in [1.165, 1.54) is 35.3 Å². The van der Waals surface area contributed by atoms with Crippen molar-refractivity contribution in [3.63, 3.8) is 0 Å². The molecule has 3 rings (SSSR count). The summed E-state index contributed by atoms with van der Waals surface area (Å²) in [5, 5.41) is 6.93. The summed E-state index contributed by atoms with van der Waals surface area (Å²) in [6.07, 6.45) is -0.344. The van der Waals surface area contributed by atoms with Crippen LogP contribution in [0.15, 0.2) is 54.9 Å². The maximum Gasteiger partial charge on any atom is 0.573 e. The lowest BCUT2D eigenvalue weighted by Crippen LogP contribution is -2.27. The summed E-state index contributed by atoms with van der Waals surface area (Å²) in [4.78, 5) is 16.0. The highest BCUT2D eigenvalue weighted by atomic mass is 19.4. The monoisotopic (exact) mass is 446 g/mol. The highest BCUT2D eigenvalue weighted by Gasteiger charge is 2.31. The minimum atomic E-state index is -4.74. The Hall–Kier alpha value is -3.82. The van der Waals surface area contributed by atoms with Gasteiger partial charge < -0.3 is 9.47 Å². The molecule has 0 atom stereocenters. The van der Waals surface area contributed by atoms with Crippen LogP contribution in [0.2, 0.25) is 0 Å². The van der Waals surface area contributed by atoms with E-state index in [4.69, 9.17) is 4.74 Å². The summed E-state index contributed by atoms with van der Waals surface area (Å²) < 4.78 is 47.2. The number of alkyl halides is 3. The summed E-state index contributed by atoms with van der Waals surface area (Å²) in [5.74, 6) is 0.0997. The van der Waals surface area contributed by atoms with Crippen LogP contribution < -0.4 is 10.1 Å². The van der Waals surface area contributed by atoms with Gasteiger partial charge in [0.15, 0.2) is 5.82 Å². The molecule has 1 heterocycles. The van der Waals surface area contributed by atoms with Gasteiger partial charge in [-0.15, -0.1) is 18.3 Å². The Kier molecular flexibility index (Phi) is 6.52. The first-order valence-corrected chi connectivity index (χ1v) is 9.53. The Balaban J connectivity index is 1.60. The van der Waals surface area contributed by atoms with Crippen LogP contribution >= 0.6 is 0 Å². The molecule has 1 amide bonds. The minimum Gasteiger partial charge on any atom is -0.444 e. The molecule has 0 aliphatic rings. The molecule has 0 fully saturated rings. The molecule has 3 aromatic rings. The lowest BCUT2D eigenvalue weighted by molar-refractivity contribution is -0.274. The van der Waals surface area contributed by atoms with Crippen LogP contribution in [-0.2, 0) is 4.74 Å². The highest BCUT2D eigenvalue weighted by Crippen LogP contribution is 2.23. The molecule has 0 aliphatic carbocycles. The second-order valence-electron chi connectivity index (χ2n) is 7.67. The number of carbonyl (C=O) groups excluding carboxylic acids is 1. The normalized spacial score (nSPS) is 12.1. The van der Waals surface area contributed by atoms with Crippen LogP contribution in [0.3, 0.4) is 0 Å². The summed E-state index contributed by atoms with van der Waals surface area (Å²) in [7, 11) is 0. The third-order valence-corrected chi connectivity index (χ3v) is 3.83. The molecule has 1 N–H and O–H groups in total. The summed E-state index contributed by atoms with van der Waals surface area (Å²) in [6.45, 7) is 5.35. The van der Waals surface area contributed by atoms with Crippen LogP contribution in [0, 0.1) is 0 Å². The zero-order valence-electron chi connectivity index (χ0n) is 17.6. The number of ether oxygens (including phenoxy) is 2. The number of anilines is 1. The molecular formula is C22H21F3N4O3. The molecule has 0 saturated heterocycles. The van der Waals surface area contributed by atoms with Crippen LogP contribution in [0.5, 0.6) is 5.75 Å². The fourth-order valence-corrected chi connectivity index (χ4v) is 2.55. The number of hydrogen-bond donors (Lipinski definition) is 1. The Morgan fingerprint density at radius 2 is 1.66 bits per heavy atom. The van der Waals surface area contributed by atoms with Gasteiger partial charge in [-0.2, -0.15) is 0 Å². The van der Waals surface area contributed by atoms with E-state index in [1.807, 2.05) is 0 Å². The van der Waals surface area contributed by atoms with Gasteiger partial charge in [0.25, 0.3) is 0 Å². The molecule has 32 heavy (non-hydrogen) atoms. The predicted octanol–water partition coefficient (Wildman–Crippen LogP) is 5.68. The molecule has 0 aliphatic heterocycles. The van der Waals surface area contributed by atoms with Gasteiger partial charge >= 0.3 is 12.5 Å². The highest BCUT2D eigenvalue weighted by molar-refractivity contribution is 5.85. The maximum atomic E-state index is 12.2. The number of nitrogens with one attached hydrogen (secondary N) is 1. The van der Waals surface area contributed by atoms with Crippen molar-refractivity contribution in [3.8, 4) is 11.4 Å². The summed E-state index contributed by atoms with van der Waals surface area (Å²) in [6, 6.07) is 12.4. The van der Waals surface area contributed by atoms with E-state index in [-0.39, 0.29) is 5.75 Å². The van der Waals surface area contributed by atoms with E-state index in [9.17, 15) is 18.0 Å². The smallest absolute Gasteiger partial charge is 0.444 e. The molecule has 2 aromatic carbocycles. The van der Waals surface area contributed by atoms with Gasteiger partial charge in [0.05, 0.1) is 5.69 Å². The van der Waals surface area contributed by atoms with Crippen molar-refractivity contribution >= 4 is 23.9 Å². The number of nitrogens with zero attached hydrogens (tertiary/aromatic N) is 3. The minimum absolute atomic E-state index is 0.314. The molecule has 0 unspecified atom stereocenters. The van der Waals surface area contributed by atoms with Crippen LogP contribution in [0.1, 0.15) is 32.2 Å². The summed E-state index contributed by atoms with van der Waals surface area (Å²) in [5.41, 5.74) is 1.40. The van der Waals surface area contributed by atoms with Gasteiger partial charge in [0, 0.05) is 5.69 Å². The number of hydrogen-bond acceptors (Lipinski definition) is 5. The fourth-order valence-electron chi connectivity index (χ4n) is 2.55. The average molecular weight is 446 g/mol. The second-order valence-corrected chi connectivity index (χ2v) is 7.67. The van der Waals surface area contributed by atoms with E-state index in [0.29, 0.717) is 17.2 Å². The standard InChI is InChI=1S/C22H21F3N4O3/c1-21(2,3)32-20(30)27-16-7-4-15(5-8-16)6-13-19-26-14-29(28-19)17-9-11-18(12-10-17)31-22(23,24)25/h4-14H,1-3H3,(H,27,30). The first-order chi connectivity index (χ1) is 15.0. The fraction of sp³-hybridized carbons (Fsp3) is 0.227. The van der Waals surface area contributed by atoms with Gasteiger partial charge in [-0.05, 0) is 68.8 Å². The summed E-state index contributed by atoms with van der Waals surface area (Å²) >= 11 is 0. The Morgan fingerprint density at radius 3 is 2.25 bits per heavy atom. The topological polar surface area (TPSA) is 78.3 Å². The Labute approximate surface area is 182 Å². The first kappa shape index (κ1) is 22.9. The molecule has 0 saturated carbocycles. The van der Waals surface area contributed by atoms with Gasteiger partial charge in [0.2, 0.25) is 0 Å². The molecule has 10 heteroatoms. The quantitative estimate of drug-likeness (QED) is 0.545. The van der Waals surface area contributed by atoms with Crippen molar-refractivity contribution < 1.29 is 27.4 Å². The van der Waals surface area contributed by atoms with E-state index < -0.39 is 18.1 Å². The third-order valence-electron chi connectivity index (χ3n) is 3.83. The van der Waals surface area contributed by atoms with Crippen molar-refractivity contribution in [2.45, 2.75) is 32.7 Å². The maximum absolute atomic E-state index is 12.2. The first-order valence-electron chi connectivity index (χ1n) is 9.53. The van der Waals surface area contributed by atoms with Crippen LogP contribution in [0.4, 0.5) is 23.7 Å². The van der Waals surface area contributed by atoms with E-state index >= 15 is 0 Å². The second kappa shape index (κ2) is 9.13. The molecule has 0 spiro atoms. The number of aromatic nitrogens is 3. The zero-order chi connectivity index (χ0) is 23.4. The van der Waals surface area contributed by atoms with Crippen molar-refractivity contribution in [3.05, 3.63) is 66.2 Å². The van der Waals surface area contributed by atoms with Crippen molar-refractivity contribution in [2.75, 3.05) is 5.32 Å². The lowest BCUT2D eigenvalue weighted by atomic mass is 10.2. The number of halogens is 3. The van der Waals surface area contributed by atoms with E-state index in [0.717, 1.165) is 5.56 Å². The zero-order valence-corrected chi connectivity index (χ0v) is 17.6. The number of benzene rings is 2. The molecule has 0 radical (unpaired) electrons. The Bertz CT molecular complexity index is 1080. The Morgan fingerprint density at radius 1 is 1.00 bits per heavy atom. The third kappa shape index (κ3) is 7.15. The number of carbonyl (C=O) groups is 1. The molecule has 0 bridgehead atoms. The van der Waals surface area contributed by atoms with Gasteiger partial charge in [0.1, 0.15) is 17.7 Å². The van der Waals surface area contributed by atoms with Gasteiger partial charge in [-0.3, -0.25) is 5.32 Å². The van der Waals surface area contributed by atoms with E-state index in [1.54, 1.807) is 57.2 Å². The van der Waals surface area contributed by atoms with Crippen molar-refractivity contribution in [1.29, 1.82) is 0 Å². The predicted molar refractivity (Wildman–Crippen MR) is 113 cm³/mol. The van der Waals surface area contributed by atoms with Gasteiger partial charge in [-0.1, -0.05) is 18.2 Å². The number of amides is 1. The SMILES string of the molecule is CC(C)(C)OC(=O)Nc1ccc(C=Cc2ncn(-c3ccc(OC(F)(F)F)cc3)n2)cc1. The average Bonchev–Trinajstić information content (AvgIpc) is 3.14. The molecule has 168 valence electrons. The van der Waals surface area contributed by atoms with Crippen LogP contribution in [0.25, 0.3) is 17.8 Å². The van der Waals surface area contributed by atoms with Gasteiger partial charge in [-0.25, -0.2) is 14.5 Å². The number of rotatable bonds is 5. The van der Waals surface area contributed by atoms with Crippen LogP contribution in [-0.4, -0.2) is 32.8 Å². The molecule has 1 aromatic heterocycles. The van der Waals surface area contributed by atoms with Crippen molar-refractivity contribution in [2.24, 2.45) is 0 Å². The largest absolute Gasteiger partial charge is 0.573 e. The van der Waals surface area contributed by atoms with Crippen molar-refractivity contribution in [1.82, 2.24) is 14.8 Å². The molecule has 7 nitrogen and oxygen atoms in total. The van der Waals surface area contributed by atoms with E-state index in [2.05, 4.69) is 20.1 Å². The lowest BCUT2D eigenvalue weighted by Gasteiger charge is -2.19.